The van der Waals surface area contributed by atoms with Crippen molar-refractivity contribution in [1.82, 2.24) is 9.88 Å². The minimum atomic E-state index is -4.37. The number of carbonyl (C=O) groups excluding carboxylic acids is 1. The maximum atomic E-state index is 12.3. The zero-order valence-corrected chi connectivity index (χ0v) is 10.2. The van der Waals surface area contributed by atoms with Gasteiger partial charge in [-0.15, -0.1) is 0 Å². The average molecular weight is 276 g/mol. The molecule has 0 spiro atoms. The lowest BCUT2D eigenvalue weighted by Gasteiger charge is -2.36. The van der Waals surface area contributed by atoms with E-state index in [0.29, 0.717) is 12.8 Å². The van der Waals surface area contributed by atoms with Gasteiger partial charge in [0, 0.05) is 12.7 Å². The van der Waals surface area contributed by atoms with E-state index in [-0.39, 0.29) is 12.2 Å². The molecular weight excluding hydrogens is 261 g/mol. The van der Waals surface area contributed by atoms with E-state index in [1.807, 2.05) is 0 Å². The van der Waals surface area contributed by atoms with E-state index in [4.69, 9.17) is 0 Å². The van der Waals surface area contributed by atoms with Gasteiger partial charge in [-0.05, 0) is 31.4 Å². The molecule has 2 rings (SSSR count). The Hall–Kier alpha value is -1.50. The second-order valence-corrected chi connectivity index (χ2v) is 4.90. The lowest BCUT2D eigenvalue weighted by atomic mass is 9.80. The predicted octanol–water partition coefficient (Wildman–Crippen LogP) is 1.70. The SMILES string of the molecule is O=C(NCC1(O)CCC1)c1cccn1CC(F)(F)F. The number of hydrogen-bond acceptors (Lipinski definition) is 2. The van der Waals surface area contributed by atoms with Crippen LogP contribution >= 0.6 is 0 Å². The summed E-state index contributed by atoms with van der Waals surface area (Å²) in [6.45, 7) is -1.13. The molecule has 1 heterocycles. The number of nitrogens with zero attached hydrogens (tertiary/aromatic N) is 1. The molecule has 1 aromatic rings. The Morgan fingerprint density at radius 1 is 1.47 bits per heavy atom. The van der Waals surface area contributed by atoms with E-state index in [9.17, 15) is 23.1 Å². The number of halogens is 3. The summed E-state index contributed by atoms with van der Waals surface area (Å²) in [7, 11) is 0. The molecule has 1 aliphatic rings. The molecule has 1 aromatic heterocycles. The van der Waals surface area contributed by atoms with Crippen molar-refractivity contribution in [1.29, 1.82) is 0 Å². The van der Waals surface area contributed by atoms with Crippen LogP contribution in [0.2, 0.25) is 0 Å². The summed E-state index contributed by atoms with van der Waals surface area (Å²) in [6.07, 6.45) is -1.05. The molecule has 19 heavy (non-hydrogen) atoms. The van der Waals surface area contributed by atoms with Crippen LogP contribution in [0, 0.1) is 0 Å². The van der Waals surface area contributed by atoms with Gasteiger partial charge in [0.1, 0.15) is 12.2 Å². The molecule has 0 unspecified atom stereocenters. The summed E-state index contributed by atoms with van der Waals surface area (Å²) in [5.74, 6) is -0.602. The van der Waals surface area contributed by atoms with Crippen LogP contribution in [0.1, 0.15) is 29.8 Å². The monoisotopic (exact) mass is 276 g/mol. The van der Waals surface area contributed by atoms with Crippen LogP contribution < -0.4 is 5.32 Å². The van der Waals surface area contributed by atoms with Crippen molar-refractivity contribution in [2.75, 3.05) is 6.54 Å². The predicted molar refractivity (Wildman–Crippen MR) is 61.6 cm³/mol. The van der Waals surface area contributed by atoms with Gasteiger partial charge >= 0.3 is 6.18 Å². The first-order chi connectivity index (χ1) is 8.79. The molecule has 7 heteroatoms. The van der Waals surface area contributed by atoms with Crippen LogP contribution in [0.5, 0.6) is 0 Å². The second kappa shape index (κ2) is 4.88. The highest BCUT2D eigenvalue weighted by molar-refractivity contribution is 5.92. The Balaban J connectivity index is 1.97. The van der Waals surface area contributed by atoms with Gasteiger partial charge in [0.25, 0.3) is 5.91 Å². The number of aliphatic hydroxyl groups is 1. The van der Waals surface area contributed by atoms with Gasteiger partial charge in [-0.25, -0.2) is 0 Å². The summed E-state index contributed by atoms with van der Waals surface area (Å²) in [5.41, 5.74) is -0.947. The zero-order chi connectivity index (χ0) is 14.1. The van der Waals surface area contributed by atoms with Gasteiger partial charge in [0.05, 0.1) is 5.60 Å². The van der Waals surface area contributed by atoms with E-state index < -0.39 is 24.2 Å². The van der Waals surface area contributed by atoms with Crippen molar-refractivity contribution in [3.63, 3.8) is 0 Å². The van der Waals surface area contributed by atoms with Crippen LogP contribution in [0.15, 0.2) is 18.3 Å². The highest BCUT2D eigenvalue weighted by Gasteiger charge is 2.35. The summed E-state index contributed by atoms with van der Waals surface area (Å²) in [4.78, 5) is 11.8. The standard InChI is InChI=1S/C12H15F3N2O2/c13-12(14,15)8-17-6-1-3-9(17)10(18)16-7-11(19)4-2-5-11/h1,3,6,19H,2,4-5,7-8H2,(H,16,18). The number of aromatic nitrogens is 1. The summed E-state index contributed by atoms with van der Waals surface area (Å²) in [6, 6.07) is 2.71. The molecule has 4 nitrogen and oxygen atoms in total. The third-order valence-electron chi connectivity index (χ3n) is 3.27. The maximum absolute atomic E-state index is 12.3. The maximum Gasteiger partial charge on any atom is 0.406 e. The number of carbonyl (C=O) groups is 1. The van der Waals surface area contributed by atoms with E-state index in [0.717, 1.165) is 11.0 Å². The molecule has 1 aliphatic carbocycles. The normalized spacial score (nSPS) is 17.9. The van der Waals surface area contributed by atoms with Gasteiger partial charge in [-0.3, -0.25) is 4.79 Å². The van der Waals surface area contributed by atoms with Crippen LogP contribution in [-0.4, -0.2) is 33.9 Å². The first kappa shape index (κ1) is 13.9. The number of nitrogens with one attached hydrogen (secondary N) is 1. The lowest BCUT2D eigenvalue weighted by molar-refractivity contribution is -0.140. The Morgan fingerprint density at radius 2 is 2.16 bits per heavy atom. The molecule has 0 bridgehead atoms. The van der Waals surface area contributed by atoms with Gasteiger partial charge in [-0.1, -0.05) is 0 Å². The van der Waals surface area contributed by atoms with Crippen LogP contribution in [-0.2, 0) is 6.54 Å². The molecule has 106 valence electrons. The van der Waals surface area contributed by atoms with Crippen molar-refractivity contribution < 1.29 is 23.1 Å². The molecule has 0 radical (unpaired) electrons. The lowest BCUT2D eigenvalue weighted by Crippen LogP contribution is -2.48. The molecule has 0 saturated heterocycles. The molecule has 1 saturated carbocycles. The topological polar surface area (TPSA) is 54.3 Å². The minimum absolute atomic E-state index is 0.0553. The van der Waals surface area contributed by atoms with E-state index in [2.05, 4.69) is 5.32 Å². The van der Waals surface area contributed by atoms with Crippen molar-refractivity contribution in [3.05, 3.63) is 24.0 Å². The fraction of sp³-hybridized carbons (Fsp3) is 0.583. The summed E-state index contributed by atoms with van der Waals surface area (Å²) in [5, 5.41) is 12.3. The molecular formula is C12H15F3N2O2. The Labute approximate surface area is 108 Å². The van der Waals surface area contributed by atoms with Crippen LogP contribution in [0.25, 0.3) is 0 Å². The summed E-state index contributed by atoms with van der Waals surface area (Å²) >= 11 is 0. The number of alkyl halides is 3. The zero-order valence-electron chi connectivity index (χ0n) is 10.2. The third-order valence-corrected chi connectivity index (χ3v) is 3.27. The third kappa shape index (κ3) is 3.50. The molecule has 1 amide bonds. The van der Waals surface area contributed by atoms with Crippen molar-refractivity contribution >= 4 is 5.91 Å². The Bertz CT molecular complexity index is 464. The molecule has 0 aliphatic heterocycles. The number of hydrogen-bond donors (Lipinski definition) is 2. The highest BCUT2D eigenvalue weighted by atomic mass is 19.4. The molecule has 2 N–H and O–H groups in total. The minimum Gasteiger partial charge on any atom is -0.388 e. The van der Waals surface area contributed by atoms with Gasteiger partial charge in [0.2, 0.25) is 0 Å². The van der Waals surface area contributed by atoms with Crippen LogP contribution in [0.4, 0.5) is 13.2 Å². The molecule has 0 aromatic carbocycles. The Morgan fingerprint density at radius 3 is 2.68 bits per heavy atom. The van der Waals surface area contributed by atoms with Gasteiger partial charge in [-0.2, -0.15) is 13.2 Å². The van der Waals surface area contributed by atoms with Gasteiger partial charge < -0.3 is 15.0 Å². The first-order valence-corrected chi connectivity index (χ1v) is 6.02. The number of rotatable bonds is 4. The van der Waals surface area contributed by atoms with E-state index in [1.54, 1.807) is 0 Å². The van der Waals surface area contributed by atoms with E-state index >= 15 is 0 Å². The fourth-order valence-corrected chi connectivity index (χ4v) is 2.05. The van der Waals surface area contributed by atoms with Crippen molar-refractivity contribution in [2.45, 2.75) is 37.6 Å². The van der Waals surface area contributed by atoms with Crippen molar-refractivity contribution in [2.24, 2.45) is 0 Å². The first-order valence-electron chi connectivity index (χ1n) is 6.02. The quantitative estimate of drug-likeness (QED) is 0.879. The molecule has 1 fully saturated rings. The van der Waals surface area contributed by atoms with Crippen LogP contribution in [0.3, 0.4) is 0 Å². The molecule has 0 atom stereocenters. The fourth-order valence-electron chi connectivity index (χ4n) is 2.05. The highest BCUT2D eigenvalue weighted by Crippen LogP contribution is 2.30. The van der Waals surface area contributed by atoms with Crippen molar-refractivity contribution in [3.8, 4) is 0 Å². The Kier molecular flexibility index (Phi) is 3.58. The van der Waals surface area contributed by atoms with E-state index in [1.165, 1.54) is 18.3 Å². The smallest absolute Gasteiger partial charge is 0.388 e. The van der Waals surface area contributed by atoms with Gasteiger partial charge in [0.15, 0.2) is 0 Å². The average Bonchev–Trinajstić information content (AvgIpc) is 2.68. The second-order valence-electron chi connectivity index (χ2n) is 4.90. The number of amides is 1. The summed E-state index contributed by atoms with van der Waals surface area (Å²) < 4.78 is 37.8. The largest absolute Gasteiger partial charge is 0.406 e.